The molecule has 0 fully saturated rings. The largest absolute Gasteiger partial charge is 0.460 e. The molecule has 0 aliphatic carbocycles. The van der Waals surface area contributed by atoms with Crippen LogP contribution in [0, 0.1) is 0 Å². The van der Waals surface area contributed by atoms with Crippen LogP contribution in [0.4, 0.5) is 4.79 Å². The van der Waals surface area contributed by atoms with Crippen molar-refractivity contribution in [2.45, 2.75) is 52.7 Å². The third-order valence-corrected chi connectivity index (χ3v) is 3.44. The van der Waals surface area contributed by atoms with Gasteiger partial charge in [-0.15, -0.1) is 0 Å². The molecule has 0 aliphatic heterocycles. The number of rotatable bonds is 9. The number of nitrogens with one attached hydrogen (secondary N) is 1. The molecule has 150 valence electrons. The maximum Gasteiger partial charge on any atom is 0.410 e. The molecule has 1 N–H and O–H groups in total. The zero-order chi connectivity index (χ0) is 20.3. The van der Waals surface area contributed by atoms with Gasteiger partial charge < -0.3 is 14.8 Å². The zero-order valence-electron chi connectivity index (χ0n) is 16.6. The molecule has 27 heavy (non-hydrogen) atoms. The van der Waals surface area contributed by atoms with Gasteiger partial charge in [0.15, 0.2) is 0 Å². The van der Waals surface area contributed by atoms with E-state index in [4.69, 9.17) is 9.47 Å². The van der Waals surface area contributed by atoms with Gasteiger partial charge in [0, 0.05) is 6.54 Å². The lowest BCUT2D eigenvalue weighted by molar-refractivity contribution is -0.145. The molecular weight excluding hydrogens is 348 g/mol. The number of hydrogen-bond donors (Lipinski definition) is 1. The first kappa shape index (κ1) is 22.5. The molecule has 0 saturated heterocycles. The second kappa shape index (κ2) is 11.2. The van der Waals surface area contributed by atoms with Gasteiger partial charge in [-0.1, -0.05) is 43.7 Å². The number of unbranched alkanes of at least 4 members (excludes halogenated alkanes) is 1. The Labute approximate surface area is 161 Å². The normalized spacial score (nSPS) is 10.8. The monoisotopic (exact) mass is 378 g/mol. The lowest BCUT2D eigenvalue weighted by Gasteiger charge is -2.27. The lowest BCUT2D eigenvalue weighted by atomic mass is 10.2. The molecule has 1 rings (SSSR count). The van der Waals surface area contributed by atoms with Crippen molar-refractivity contribution in [1.29, 1.82) is 0 Å². The Morgan fingerprint density at radius 2 is 1.78 bits per heavy atom. The van der Waals surface area contributed by atoms with Crippen LogP contribution in [0.5, 0.6) is 0 Å². The summed E-state index contributed by atoms with van der Waals surface area (Å²) in [7, 11) is 0. The van der Waals surface area contributed by atoms with E-state index in [1.807, 2.05) is 37.3 Å². The highest BCUT2D eigenvalue weighted by molar-refractivity contribution is 5.85. The SMILES string of the molecule is CCCCN(CC(=O)NCC(=O)OCc1ccccc1)C(=O)OC(C)(C)C. The van der Waals surface area contributed by atoms with Crippen molar-refractivity contribution < 1.29 is 23.9 Å². The van der Waals surface area contributed by atoms with Crippen LogP contribution in [0.1, 0.15) is 46.1 Å². The minimum absolute atomic E-state index is 0.149. The molecule has 1 aromatic carbocycles. The number of amides is 2. The Morgan fingerprint density at radius 1 is 1.11 bits per heavy atom. The molecule has 0 aliphatic rings. The van der Waals surface area contributed by atoms with Crippen LogP contribution in [0.2, 0.25) is 0 Å². The maximum atomic E-state index is 12.2. The van der Waals surface area contributed by atoms with Crippen LogP contribution in [-0.4, -0.2) is 48.1 Å². The first-order chi connectivity index (χ1) is 12.7. The highest BCUT2D eigenvalue weighted by Gasteiger charge is 2.23. The van der Waals surface area contributed by atoms with Crippen molar-refractivity contribution in [3.8, 4) is 0 Å². The second-order valence-electron chi connectivity index (χ2n) is 7.18. The van der Waals surface area contributed by atoms with Gasteiger partial charge in [-0.2, -0.15) is 0 Å². The molecule has 0 atom stereocenters. The summed E-state index contributed by atoms with van der Waals surface area (Å²) < 4.78 is 10.4. The first-order valence-electron chi connectivity index (χ1n) is 9.15. The van der Waals surface area contributed by atoms with E-state index in [2.05, 4.69) is 5.32 Å². The van der Waals surface area contributed by atoms with Gasteiger partial charge in [-0.25, -0.2) is 4.79 Å². The zero-order valence-corrected chi connectivity index (χ0v) is 16.6. The van der Waals surface area contributed by atoms with E-state index in [1.165, 1.54) is 4.90 Å². The third kappa shape index (κ3) is 10.2. The summed E-state index contributed by atoms with van der Waals surface area (Å²) in [4.78, 5) is 37.4. The molecule has 0 heterocycles. The number of nitrogens with zero attached hydrogens (tertiary/aromatic N) is 1. The van der Waals surface area contributed by atoms with E-state index < -0.39 is 23.6 Å². The summed E-state index contributed by atoms with van der Waals surface area (Å²) in [6.07, 6.45) is 1.09. The molecule has 7 nitrogen and oxygen atoms in total. The second-order valence-corrected chi connectivity index (χ2v) is 7.18. The third-order valence-electron chi connectivity index (χ3n) is 3.44. The fourth-order valence-electron chi connectivity index (χ4n) is 2.10. The standard InChI is InChI=1S/C20H30N2O5/c1-5-6-12-22(19(25)27-20(2,3)4)14-17(23)21-13-18(24)26-15-16-10-8-7-9-11-16/h7-11H,5-6,12-15H2,1-4H3,(H,21,23). The van der Waals surface area contributed by atoms with E-state index in [0.29, 0.717) is 6.54 Å². The molecule has 0 spiro atoms. The number of benzene rings is 1. The summed E-state index contributed by atoms with van der Waals surface area (Å²) >= 11 is 0. The van der Waals surface area contributed by atoms with Gasteiger partial charge in [0.05, 0.1) is 0 Å². The van der Waals surface area contributed by atoms with E-state index in [1.54, 1.807) is 20.8 Å². The molecular formula is C20H30N2O5. The topological polar surface area (TPSA) is 84.9 Å². The van der Waals surface area contributed by atoms with E-state index in [0.717, 1.165) is 18.4 Å². The summed E-state index contributed by atoms with van der Waals surface area (Å²) in [6.45, 7) is 7.45. The van der Waals surface area contributed by atoms with E-state index in [-0.39, 0.29) is 19.7 Å². The maximum absolute atomic E-state index is 12.2. The molecule has 0 saturated carbocycles. The van der Waals surface area contributed by atoms with Crippen LogP contribution < -0.4 is 5.32 Å². The van der Waals surface area contributed by atoms with Crippen molar-refractivity contribution in [3.63, 3.8) is 0 Å². The highest BCUT2D eigenvalue weighted by Crippen LogP contribution is 2.10. The smallest absolute Gasteiger partial charge is 0.410 e. The quantitative estimate of drug-likeness (QED) is 0.668. The van der Waals surface area contributed by atoms with Gasteiger partial charge in [-0.3, -0.25) is 14.5 Å². The lowest BCUT2D eigenvalue weighted by Crippen LogP contribution is -2.44. The Bertz CT molecular complexity index is 611. The summed E-state index contributed by atoms with van der Waals surface area (Å²) in [5.41, 5.74) is 0.229. The Kier molecular flexibility index (Phi) is 9.33. The number of ether oxygens (including phenoxy) is 2. The number of esters is 1. The number of carbonyl (C=O) groups excluding carboxylic acids is 3. The van der Waals surface area contributed by atoms with Gasteiger partial charge in [0.2, 0.25) is 5.91 Å². The number of carbonyl (C=O) groups is 3. The Balaban J connectivity index is 2.43. The number of hydrogen-bond acceptors (Lipinski definition) is 5. The van der Waals surface area contributed by atoms with Crippen molar-refractivity contribution in [3.05, 3.63) is 35.9 Å². The molecule has 7 heteroatoms. The molecule has 0 aromatic heterocycles. The van der Waals surface area contributed by atoms with Gasteiger partial charge in [-0.05, 0) is 32.8 Å². The van der Waals surface area contributed by atoms with Crippen LogP contribution in [-0.2, 0) is 25.7 Å². The summed E-state index contributed by atoms with van der Waals surface area (Å²) in [6, 6.07) is 9.27. The summed E-state index contributed by atoms with van der Waals surface area (Å²) in [5.74, 6) is -0.974. The molecule has 2 amide bonds. The minimum Gasteiger partial charge on any atom is -0.460 e. The molecule has 1 aromatic rings. The predicted molar refractivity (Wildman–Crippen MR) is 102 cm³/mol. The molecule has 0 unspecified atom stereocenters. The molecule has 0 bridgehead atoms. The average molecular weight is 378 g/mol. The summed E-state index contributed by atoms with van der Waals surface area (Å²) in [5, 5.41) is 2.48. The highest BCUT2D eigenvalue weighted by atomic mass is 16.6. The fourth-order valence-corrected chi connectivity index (χ4v) is 2.10. The average Bonchev–Trinajstić information content (AvgIpc) is 2.61. The first-order valence-corrected chi connectivity index (χ1v) is 9.15. The van der Waals surface area contributed by atoms with Crippen molar-refractivity contribution in [2.75, 3.05) is 19.6 Å². The van der Waals surface area contributed by atoms with Crippen LogP contribution >= 0.6 is 0 Å². The fraction of sp³-hybridized carbons (Fsp3) is 0.550. The van der Waals surface area contributed by atoms with Gasteiger partial charge >= 0.3 is 12.1 Å². The van der Waals surface area contributed by atoms with Gasteiger partial charge in [0.25, 0.3) is 0 Å². The Hall–Kier alpha value is -2.57. The van der Waals surface area contributed by atoms with Crippen LogP contribution in [0.15, 0.2) is 30.3 Å². The van der Waals surface area contributed by atoms with Crippen LogP contribution in [0.3, 0.4) is 0 Å². The van der Waals surface area contributed by atoms with E-state index in [9.17, 15) is 14.4 Å². The predicted octanol–water partition coefficient (Wildman–Crippen LogP) is 2.88. The van der Waals surface area contributed by atoms with E-state index >= 15 is 0 Å². The Morgan fingerprint density at radius 3 is 2.37 bits per heavy atom. The van der Waals surface area contributed by atoms with Crippen molar-refractivity contribution in [2.24, 2.45) is 0 Å². The molecule has 0 radical (unpaired) electrons. The van der Waals surface area contributed by atoms with Gasteiger partial charge in [0.1, 0.15) is 25.3 Å². The van der Waals surface area contributed by atoms with Crippen LogP contribution in [0.25, 0.3) is 0 Å². The minimum atomic E-state index is -0.640. The van der Waals surface area contributed by atoms with Crippen molar-refractivity contribution in [1.82, 2.24) is 10.2 Å². The van der Waals surface area contributed by atoms with Crippen molar-refractivity contribution >= 4 is 18.0 Å².